The molecule has 0 saturated carbocycles. The van der Waals surface area contributed by atoms with E-state index in [0.717, 1.165) is 30.9 Å². The van der Waals surface area contributed by atoms with E-state index in [1.165, 1.54) is 6.26 Å². The summed E-state index contributed by atoms with van der Waals surface area (Å²) in [6, 6.07) is 7.38. The Morgan fingerprint density at radius 1 is 1.22 bits per heavy atom. The van der Waals surface area contributed by atoms with Crippen molar-refractivity contribution in [2.75, 3.05) is 19.3 Å². The average molecular weight is 453 g/mol. The molecule has 0 aromatic heterocycles. The highest BCUT2D eigenvalue weighted by molar-refractivity contribution is 14.0. The number of aliphatic imine (C=N–C) groups is 1. The highest BCUT2D eigenvalue weighted by Gasteiger charge is 2.06. The molecule has 0 radical (unpaired) electrons. The van der Waals surface area contributed by atoms with Crippen LogP contribution in [0.5, 0.6) is 0 Å². The summed E-state index contributed by atoms with van der Waals surface area (Å²) < 4.78 is 22.8. The zero-order chi connectivity index (χ0) is 16.6. The standard InChI is InChI=1S/C16H27N3O2S.HI/c1-5-13(3)19-16(17-6-2)18-12-11-14-7-9-15(10-8-14)22(4,20)21;/h7-10,13H,5-6,11-12H2,1-4H3,(H2,17,18,19);1H. The molecule has 7 heteroatoms. The summed E-state index contributed by atoms with van der Waals surface area (Å²) >= 11 is 0. The molecule has 1 atom stereocenters. The smallest absolute Gasteiger partial charge is 0.191 e. The molecular weight excluding hydrogens is 425 g/mol. The van der Waals surface area contributed by atoms with Crippen molar-refractivity contribution in [2.45, 2.75) is 44.6 Å². The number of guanidine groups is 1. The monoisotopic (exact) mass is 453 g/mol. The highest BCUT2D eigenvalue weighted by Crippen LogP contribution is 2.10. The lowest BCUT2D eigenvalue weighted by Gasteiger charge is -2.16. The van der Waals surface area contributed by atoms with Crippen LogP contribution in [0, 0.1) is 0 Å². The van der Waals surface area contributed by atoms with Gasteiger partial charge in [0.15, 0.2) is 15.8 Å². The molecule has 0 fully saturated rings. The van der Waals surface area contributed by atoms with Crippen LogP contribution in [0.25, 0.3) is 0 Å². The molecule has 1 aromatic rings. The van der Waals surface area contributed by atoms with Gasteiger partial charge in [-0.05, 0) is 44.4 Å². The number of rotatable bonds is 7. The van der Waals surface area contributed by atoms with E-state index in [4.69, 9.17) is 0 Å². The summed E-state index contributed by atoms with van der Waals surface area (Å²) in [5.41, 5.74) is 1.08. The van der Waals surface area contributed by atoms with Crippen LogP contribution in [0.1, 0.15) is 32.8 Å². The average Bonchev–Trinajstić information content (AvgIpc) is 2.47. The molecule has 1 aromatic carbocycles. The number of nitrogens with one attached hydrogen (secondary N) is 2. The third-order valence-electron chi connectivity index (χ3n) is 3.36. The van der Waals surface area contributed by atoms with E-state index < -0.39 is 9.84 Å². The second-order valence-corrected chi connectivity index (χ2v) is 7.40. The van der Waals surface area contributed by atoms with Crippen LogP contribution in [-0.2, 0) is 16.3 Å². The van der Waals surface area contributed by atoms with Crippen molar-refractivity contribution in [1.29, 1.82) is 0 Å². The molecule has 2 N–H and O–H groups in total. The molecule has 0 amide bonds. The second-order valence-electron chi connectivity index (χ2n) is 5.38. The van der Waals surface area contributed by atoms with Crippen molar-refractivity contribution in [3.63, 3.8) is 0 Å². The van der Waals surface area contributed by atoms with Gasteiger partial charge in [0.25, 0.3) is 0 Å². The van der Waals surface area contributed by atoms with Crippen LogP contribution in [0.2, 0.25) is 0 Å². The van der Waals surface area contributed by atoms with E-state index >= 15 is 0 Å². The minimum absolute atomic E-state index is 0. The zero-order valence-electron chi connectivity index (χ0n) is 14.3. The first-order valence-electron chi connectivity index (χ1n) is 7.70. The number of hydrogen-bond donors (Lipinski definition) is 2. The fourth-order valence-electron chi connectivity index (χ4n) is 1.86. The van der Waals surface area contributed by atoms with Gasteiger partial charge in [0.2, 0.25) is 0 Å². The Morgan fingerprint density at radius 3 is 2.30 bits per heavy atom. The summed E-state index contributed by atoms with van der Waals surface area (Å²) in [5, 5.41) is 6.57. The van der Waals surface area contributed by atoms with Crippen LogP contribution in [-0.4, -0.2) is 39.8 Å². The molecule has 1 unspecified atom stereocenters. The van der Waals surface area contributed by atoms with E-state index in [-0.39, 0.29) is 24.0 Å². The number of halogens is 1. The minimum Gasteiger partial charge on any atom is -0.357 e. The largest absolute Gasteiger partial charge is 0.357 e. The molecule has 0 spiro atoms. The molecule has 0 aliphatic heterocycles. The fourth-order valence-corrected chi connectivity index (χ4v) is 2.49. The lowest BCUT2D eigenvalue weighted by Crippen LogP contribution is -2.42. The second kappa shape index (κ2) is 10.9. The molecule has 0 saturated heterocycles. The molecule has 0 aliphatic rings. The van der Waals surface area contributed by atoms with Crippen molar-refractivity contribution in [1.82, 2.24) is 10.6 Å². The summed E-state index contributed by atoms with van der Waals surface area (Å²) in [4.78, 5) is 4.90. The topological polar surface area (TPSA) is 70.6 Å². The Labute approximate surface area is 157 Å². The van der Waals surface area contributed by atoms with Gasteiger partial charge in [-0.15, -0.1) is 24.0 Å². The molecule has 0 aliphatic carbocycles. The highest BCUT2D eigenvalue weighted by atomic mass is 127. The minimum atomic E-state index is -3.12. The third kappa shape index (κ3) is 8.55. The van der Waals surface area contributed by atoms with Crippen LogP contribution in [0.15, 0.2) is 34.2 Å². The molecule has 132 valence electrons. The molecule has 5 nitrogen and oxygen atoms in total. The SMILES string of the molecule is CCNC(=NCCc1ccc(S(C)(=O)=O)cc1)NC(C)CC.I. The molecule has 23 heavy (non-hydrogen) atoms. The number of sulfone groups is 1. The summed E-state index contributed by atoms with van der Waals surface area (Å²) in [7, 11) is -3.12. The Bertz CT molecular complexity index is 586. The fraction of sp³-hybridized carbons (Fsp3) is 0.562. The van der Waals surface area contributed by atoms with E-state index in [1.807, 2.05) is 19.1 Å². The van der Waals surface area contributed by atoms with Gasteiger partial charge in [0.1, 0.15) is 0 Å². The Kier molecular flexibility index (Phi) is 10.5. The lowest BCUT2D eigenvalue weighted by molar-refractivity contribution is 0.602. The third-order valence-corrected chi connectivity index (χ3v) is 4.49. The number of hydrogen-bond acceptors (Lipinski definition) is 3. The molecular formula is C16H28IN3O2S. The van der Waals surface area contributed by atoms with Gasteiger partial charge in [-0.3, -0.25) is 4.99 Å². The van der Waals surface area contributed by atoms with Gasteiger partial charge in [0.05, 0.1) is 4.90 Å². The van der Waals surface area contributed by atoms with E-state index in [0.29, 0.717) is 17.5 Å². The van der Waals surface area contributed by atoms with E-state index in [9.17, 15) is 8.42 Å². The van der Waals surface area contributed by atoms with Crippen molar-refractivity contribution in [3.05, 3.63) is 29.8 Å². The van der Waals surface area contributed by atoms with Gasteiger partial charge in [-0.25, -0.2) is 8.42 Å². The predicted octanol–water partition coefficient (Wildman–Crippen LogP) is 2.60. The van der Waals surface area contributed by atoms with Crippen molar-refractivity contribution in [2.24, 2.45) is 4.99 Å². The Morgan fingerprint density at radius 2 is 1.83 bits per heavy atom. The molecule has 0 bridgehead atoms. The van der Waals surface area contributed by atoms with Crippen molar-refractivity contribution >= 4 is 39.8 Å². The molecule has 0 heterocycles. The summed E-state index contributed by atoms with van der Waals surface area (Å²) in [6.45, 7) is 7.77. The first-order valence-corrected chi connectivity index (χ1v) is 9.59. The number of benzene rings is 1. The van der Waals surface area contributed by atoms with Crippen molar-refractivity contribution < 1.29 is 8.42 Å². The van der Waals surface area contributed by atoms with E-state index in [2.05, 4.69) is 29.5 Å². The Hall–Kier alpha value is -0.830. The normalized spacial score (nSPS) is 13.1. The summed E-state index contributed by atoms with van der Waals surface area (Å²) in [5.74, 6) is 0.824. The van der Waals surface area contributed by atoms with Gasteiger partial charge in [-0.2, -0.15) is 0 Å². The van der Waals surface area contributed by atoms with Gasteiger partial charge >= 0.3 is 0 Å². The van der Waals surface area contributed by atoms with Crippen LogP contribution in [0.4, 0.5) is 0 Å². The zero-order valence-corrected chi connectivity index (χ0v) is 17.4. The Balaban J connectivity index is 0.00000484. The van der Waals surface area contributed by atoms with Crippen molar-refractivity contribution in [3.8, 4) is 0 Å². The van der Waals surface area contributed by atoms with Crippen LogP contribution >= 0.6 is 24.0 Å². The first kappa shape index (κ1) is 22.2. The van der Waals surface area contributed by atoms with Crippen LogP contribution in [0.3, 0.4) is 0 Å². The van der Waals surface area contributed by atoms with E-state index in [1.54, 1.807) is 12.1 Å². The van der Waals surface area contributed by atoms with Gasteiger partial charge < -0.3 is 10.6 Å². The van der Waals surface area contributed by atoms with Gasteiger partial charge in [0, 0.05) is 25.4 Å². The first-order chi connectivity index (χ1) is 10.4. The maximum absolute atomic E-state index is 11.4. The predicted molar refractivity (Wildman–Crippen MR) is 108 cm³/mol. The maximum Gasteiger partial charge on any atom is 0.191 e. The molecule has 1 rings (SSSR count). The van der Waals surface area contributed by atoms with Crippen LogP contribution < -0.4 is 10.6 Å². The summed E-state index contributed by atoms with van der Waals surface area (Å²) in [6.07, 6.45) is 3.04. The maximum atomic E-state index is 11.4. The number of nitrogens with zero attached hydrogens (tertiary/aromatic N) is 1. The quantitative estimate of drug-likeness (QED) is 0.378. The van der Waals surface area contributed by atoms with Gasteiger partial charge in [-0.1, -0.05) is 19.1 Å². The lowest BCUT2D eigenvalue weighted by atomic mass is 10.1.